The third-order valence-corrected chi connectivity index (χ3v) is 6.83. The van der Waals surface area contributed by atoms with E-state index in [0.717, 1.165) is 18.0 Å². The molecular formula is C27H24ClFN3O2+. The summed E-state index contributed by atoms with van der Waals surface area (Å²) >= 11 is 6.34. The van der Waals surface area contributed by atoms with E-state index in [4.69, 9.17) is 11.6 Å². The maximum atomic E-state index is 14.3. The van der Waals surface area contributed by atoms with E-state index in [1.807, 2.05) is 41.3 Å². The van der Waals surface area contributed by atoms with Gasteiger partial charge >= 0.3 is 0 Å². The van der Waals surface area contributed by atoms with Crippen LogP contribution in [-0.2, 0) is 9.59 Å². The van der Waals surface area contributed by atoms with E-state index in [1.54, 1.807) is 6.07 Å². The SMILES string of the molecule is O=C1C(Cl)=C(N2CC[NH+](C(c3ccccc3)c3ccccc3)CC2)C(=O)N1c1ccccc1F. The van der Waals surface area contributed by atoms with Gasteiger partial charge < -0.3 is 9.80 Å². The average Bonchev–Trinajstić information content (AvgIpc) is 3.09. The van der Waals surface area contributed by atoms with Gasteiger partial charge in [0, 0.05) is 11.1 Å². The quantitative estimate of drug-likeness (QED) is 0.575. The maximum Gasteiger partial charge on any atom is 0.283 e. The van der Waals surface area contributed by atoms with E-state index in [2.05, 4.69) is 24.3 Å². The van der Waals surface area contributed by atoms with Crippen molar-refractivity contribution in [2.24, 2.45) is 0 Å². The lowest BCUT2D eigenvalue weighted by Gasteiger charge is -2.38. The van der Waals surface area contributed by atoms with Gasteiger partial charge in [-0.3, -0.25) is 9.59 Å². The summed E-state index contributed by atoms with van der Waals surface area (Å²) in [5, 5.41) is -0.153. The molecule has 0 aliphatic carbocycles. The minimum atomic E-state index is -0.687. The minimum absolute atomic E-state index is 0.0804. The van der Waals surface area contributed by atoms with Crippen LogP contribution in [0, 0.1) is 5.82 Å². The number of para-hydroxylation sites is 1. The molecule has 5 nitrogen and oxygen atoms in total. The zero-order valence-corrected chi connectivity index (χ0v) is 19.2. The van der Waals surface area contributed by atoms with Gasteiger partial charge in [0.15, 0.2) is 0 Å². The number of carbonyl (C=O) groups excluding carboxylic acids is 2. The number of anilines is 1. The fourth-order valence-corrected chi connectivity index (χ4v) is 5.16. The summed E-state index contributed by atoms with van der Waals surface area (Å²) in [4.78, 5) is 30.0. The Kier molecular flexibility index (Phi) is 6.18. The molecule has 0 radical (unpaired) electrons. The second-order valence-electron chi connectivity index (χ2n) is 8.46. The van der Waals surface area contributed by atoms with Crippen LogP contribution in [0.4, 0.5) is 10.1 Å². The lowest BCUT2D eigenvalue weighted by atomic mass is 9.96. The highest BCUT2D eigenvalue weighted by Crippen LogP contribution is 2.32. The summed E-state index contributed by atoms with van der Waals surface area (Å²) < 4.78 is 14.3. The van der Waals surface area contributed by atoms with Gasteiger partial charge in [-0.25, -0.2) is 9.29 Å². The molecule has 0 saturated carbocycles. The molecular weight excluding hydrogens is 453 g/mol. The predicted octanol–water partition coefficient (Wildman–Crippen LogP) is 3.14. The van der Waals surface area contributed by atoms with Crippen LogP contribution in [-0.4, -0.2) is 42.9 Å². The number of quaternary nitrogens is 1. The van der Waals surface area contributed by atoms with Gasteiger partial charge in [0.25, 0.3) is 11.8 Å². The zero-order valence-electron chi connectivity index (χ0n) is 18.5. The molecule has 0 spiro atoms. The van der Waals surface area contributed by atoms with Crippen molar-refractivity contribution < 1.29 is 18.9 Å². The Labute approximate surface area is 202 Å². The summed E-state index contributed by atoms with van der Waals surface area (Å²) in [5.74, 6) is -1.91. The summed E-state index contributed by atoms with van der Waals surface area (Å²) in [5.41, 5.74) is 2.53. The molecule has 2 aliphatic rings. The standard InChI is InChI=1S/C27H23ClFN3O2/c28-23-25(27(34)32(26(23)33)22-14-8-7-13-21(22)29)31-17-15-30(16-18-31)24(19-9-3-1-4-10-19)20-11-5-2-6-12-20/h1-14,24H,15-18H2/p+1. The molecule has 1 fully saturated rings. The van der Waals surface area contributed by atoms with Crippen molar-refractivity contribution >= 4 is 29.1 Å². The molecule has 0 bridgehead atoms. The Morgan fingerprint density at radius 1 is 0.765 bits per heavy atom. The summed E-state index contributed by atoms with van der Waals surface area (Å²) in [6.45, 7) is 2.62. The largest absolute Gasteiger partial charge is 0.354 e. The van der Waals surface area contributed by atoms with Gasteiger partial charge in [0.05, 0.1) is 31.9 Å². The Bertz CT molecular complexity index is 1200. The first-order chi connectivity index (χ1) is 16.6. The third-order valence-electron chi connectivity index (χ3n) is 6.49. The monoisotopic (exact) mass is 476 g/mol. The fourth-order valence-electron chi connectivity index (χ4n) is 4.88. The highest BCUT2D eigenvalue weighted by Gasteiger charge is 2.43. The first-order valence-corrected chi connectivity index (χ1v) is 11.7. The Balaban J connectivity index is 1.37. The van der Waals surface area contributed by atoms with Crippen LogP contribution in [0.1, 0.15) is 17.2 Å². The minimum Gasteiger partial charge on any atom is -0.354 e. The number of rotatable bonds is 5. The van der Waals surface area contributed by atoms with Crippen molar-refractivity contribution in [1.29, 1.82) is 0 Å². The van der Waals surface area contributed by atoms with Crippen molar-refractivity contribution in [3.63, 3.8) is 0 Å². The lowest BCUT2D eigenvalue weighted by Crippen LogP contribution is -3.15. The molecule has 0 unspecified atom stereocenters. The van der Waals surface area contributed by atoms with E-state index in [0.29, 0.717) is 13.1 Å². The van der Waals surface area contributed by atoms with Crippen molar-refractivity contribution in [1.82, 2.24) is 4.90 Å². The Hall–Kier alpha value is -3.48. The summed E-state index contributed by atoms with van der Waals surface area (Å²) in [7, 11) is 0. The molecule has 1 N–H and O–H groups in total. The number of nitrogens with one attached hydrogen (secondary N) is 1. The Morgan fingerprint density at radius 3 is 1.85 bits per heavy atom. The highest BCUT2D eigenvalue weighted by atomic mass is 35.5. The van der Waals surface area contributed by atoms with Gasteiger partial charge in [-0.2, -0.15) is 0 Å². The highest BCUT2D eigenvalue weighted by molar-refractivity contribution is 6.52. The van der Waals surface area contributed by atoms with Gasteiger partial charge in [0.1, 0.15) is 22.6 Å². The maximum absolute atomic E-state index is 14.3. The van der Waals surface area contributed by atoms with Gasteiger partial charge in [-0.1, -0.05) is 84.4 Å². The third kappa shape index (κ3) is 4.00. The van der Waals surface area contributed by atoms with Crippen LogP contribution in [0.2, 0.25) is 0 Å². The van der Waals surface area contributed by atoms with Crippen molar-refractivity contribution in [2.75, 3.05) is 31.1 Å². The number of imide groups is 1. The number of hydrogen-bond donors (Lipinski definition) is 1. The van der Waals surface area contributed by atoms with Crippen molar-refractivity contribution in [3.8, 4) is 0 Å². The van der Waals surface area contributed by atoms with Crippen LogP contribution in [0.15, 0.2) is 95.7 Å². The topological polar surface area (TPSA) is 45.1 Å². The first kappa shape index (κ1) is 22.3. The molecule has 2 amide bonds. The molecule has 5 rings (SSSR count). The second-order valence-corrected chi connectivity index (χ2v) is 8.84. The first-order valence-electron chi connectivity index (χ1n) is 11.3. The number of benzene rings is 3. The van der Waals surface area contributed by atoms with E-state index in [9.17, 15) is 14.0 Å². The smallest absolute Gasteiger partial charge is 0.283 e. The van der Waals surface area contributed by atoms with Crippen LogP contribution >= 0.6 is 11.6 Å². The predicted molar refractivity (Wildman–Crippen MR) is 129 cm³/mol. The van der Waals surface area contributed by atoms with E-state index in [-0.39, 0.29) is 22.5 Å². The average molecular weight is 477 g/mol. The number of piperazine rings is 1. The van der Waals surface area contributed by atoms with Crippen LogP contribution in [0.5, 0.6) is 0 Å². The van der Waals surface area contributed by atoms with Gasteiger partial charge in [0.2, 0.25) is 0 Å². The van der Waals surface area contributed by atoms with Gasteiger partial charge in [-0.05, 0) is 12.1 Å². The summed E-state index contributed by atoms with van der Waals surface area (Å²) in [6.07, 6.45) is 0. The zero-order chi connectivity index (χ0) is 23.7. The van der Waals surface area contributed by atoms with Crippen LogP contribution in [0.25, 0.3) is 0 Å². The fraction of sp³-hybridized carbons (Fsp3) is 0.185. The second kappa shape index (κ2) is 9.41. The van der Waals surface area contributed by atoms with Crippen LogP contribution in [0.3, 0.4) is 0 Å². The normalized spacial score (nSPS) is 17.3. The molecule has 34 heavy (non-hydrogen) atoms. The molecule has 2 heterocycles. The molecule has 1 saturated heterocycles. The molecule has 0 aromatic heterocycles. The van der Waals surface area contributed by atoms with E-state index >= 15 is 0 Å². The van der Waals surface area contributed by atoms with Crippen molar-refractivity contribution in [2.45, 2.75) is 6.04 Å². The molecule has 7 heteroatoms. The molecule has 0 atom stereocenters. The van der Waals surface area contributed by atoms with Gasteiger partial charge in [-0.15, -0.1) is 0 Å². The molecule has 2 aliphatic heterocycles. The van der Waals surface area contributed by atoms with Crippen molar-refractivity contribution in [3.05, 3.63) is 113 Å². The number of hydrogen-bond acceptors (Lipinski definition) is 3. The van der Waals surface area contributed by atoms with E-state index in [1.165, 1.54) is 34.2 Å². The molecule has 3 aromatic carbocycles. The summed E-state index contributed by atoms with van der Waals surface area (Å²) in [6, 6.07) is 26.7. The number of carbonyl (C=O) groups is 2. The molecule has 3 aromatic rings. The Morgan fingerprint density at radius 2 is 1.29 bits per heavy atom. The lowest BCUT2D eigenvalue weighted by molar-refractivity contribution is -0.929. The molecule has 172 valence electrons. The van der Waals surface area contributed by atoms with E-state index < -0.39 is 17.6 Å². The number of halogens is 2. The number of nitrogens with zero attached hydrogens (tertiary/aromatic N) is 2. The number of amides is 2. The van der Waals surface area contributed by atoms with Crippen LogP contribution < -0.4 is 9.80 Å².